The van der Waals surface area contributed by atoms with Crippen molar-refractivity contribution in [2.45, 2.75) is 11.4 Å². The van der Waals surface area contributed by atoms with E-state index in [-0.39, 0.29) is 17.0 Å². The van der Waals surface area contributed by atoms with E-state index < -0.39 is 21.7 Å². The van der Waals surface area contributed by atoms with E-state index in [2.05, 4.69) is 4.72 Å². The highest BCUT2D eigenvalue weighted by Gasteiger charge is 2.14. The van der Waals surface area contributed by atoms with Gasteiger partial charge in [-0.3, -0.25) is 0 Å². The molecule has 0 unspecified atom stereocenters. The molecule has 19 heavy (non-hydrogen) atoms. The summed E-state index contributed by atoms with van der Waals surface area (Å²) in [6.07, 6.45) is 0. The summed E-state index contributed by atoms with van der Waals surface area (Å²) < 4.78 is 52.3. The molecule has 6 heteroatoms. The number of sulfonamides is 1. The lowest BCUT2D eigenvalue weighted by molar-refractivity contribution is 0.567. The van der Waals surface area contributed by atoms with Crippen molar-refractivity contribution < 1.29 is 17.2 Å². The summed E-state index contributed by atoms with van der Waals surface area (Å²) in [5, 5.41) is 0. The van der Waals surface area contributed by atoms with Gasteiger partial charge in [-0.1, -0.05) is 18.2 Å². The van der Waals surface area contributed by atoms with Gasteiger partial charge in [-0.25, -0.2) is 21.9 Å². The van der Waals surface area contributed by atoms with Crippen LogP contribution in [-0.4, -0.2) is 8.42 Å². The Morgan fingerprint density at radius 3 is 2.37 bits per heavy atom. The largest absolute Gasteiger partial charge is 0.240 e. The first kappa shape index (κ1) is 13.6. The van der Waals surface area contributed by atoms with E-state index in [1.54, 1.807) is 18.2 Å². The standard InChI is InChI=1S/C13H11F2NO2S/c14-11-6-7-13(15)10(8-11)9-16-19(17,18)12-4-2-1-3-5-12/h1-8,16H,9H2. The molecule has 0 amide bonds. The molecule has 0 aromatic heterocycles. The minimum Gasteiger partial charge on any atom is -0.207 e. The Hall–Kier alpha value is -1.79. The average Bonchev–Trinajstić information content (AvgIpc) is 2.41. The van der Waals surface area contributed by atoms with Crippen molar-refractivity contribution in [3.8, 4) is 0 Å². The van der Waals surface area contributed by atoms with Gasteiger partial charge in [0.15, 0.2) is 0 Å². The van der Waals surface area contributed by atoms with Crippen LogP contribution in [0, 0.1) is 11.6 Å². The van der Waals surface area contributed by atoms with Crippen LogP contribution in [0.1, 0.15) is 5.56 Å². The van der Waals surface area contributed by atoms with Crippen LogP contribution in [0.2, 0.25) is 0 Å². The highest BCUT2D eigenvalue weighted by molar-refractivity contribution is 7.89. The van der Waals surface area contributed by atoms with E-state index in [4.69, 9.17) is 0 Å². The number of hydrogen-bond acceptors (Lipinski definition) is 2. The van der Waals surface area contributed by atoms with Gasteiger partial charge in [0.1, 0.15) is 11.6 Å². The smallest absolute Gasteiger partial charge is 0.207 e. The van der Waals surface area contributed by atoms with E-state index in [1.807, 2.05) is 0 Å². The maximum absolute atomic E-state index is 13.3. The fourth-order valence-electron chi connectivity index (χ4n) is 1.53. The Morgan fingerprint density at radius 2 is 1.68 bits per heavy atom. The van der Waals surface area contributed by atoms with Gasteiger partial charge in [-0.05, 0) is 30.3 Å². The molecule has 100 valence electrons. The zero-order chi connectivity index (χ0) is 13.9. The Labute approximate surface area is 109 Å². The summed E-state index contributed by atoms with van der Waals surface area (Å²) in [5.74, 6) is -1.27. The zero-order valence-corrected chi connectivity index (χ0v) is 10.6. The van der Waals surface area contributed by atoms with Gasteiger partial charge in [-0.15, -0.1) is 0 Å². The molecular formula is C13H11F2NO2S. The van der Waals surface area contributed by atoms with Crippen LogP contribution in [0.3, 0.4) is 0 Å². The topological polar surface area (TPSA) is 46.2 Å². The number of nitrogens with one attached hydrogen (secondary N) is 1. The van der Waals surface area contributed by atoms with Crippen LogP contribution in [0.5, 0.6) is 0 Å². The van der Waals surface area contributed by atoms with E-state index in [9.17, 15) is 17.2 Å². The average molecular weight is 283 g/mol. The summed E-state index contributed by atoms with van der Waals surface area (Å²) in [5.41, 5.74) is -0.0421. The molecule has 0 aliphatic carbocycles. The summed E-state index contributed by atoms with van der Waals surface area (Å²) in [7, 11) is -3.73. The second kappa shape index (κ2) is 5.46. The van der Waals surface area contributed by atoms with E-state index in [0.717, 1.165) is 18.2 Å². The van der Waals surface area contributed by atoms with Gasteiger partial charge in [0.2, 0.25) is 10.0 Å². The summed E-state index contributed by atoms with van der Waals surface area (Å²) in [6.45, 7) is -0.305. The minimum atomic E-state index is -3.73. The molecule has 1 N–H and O–H groups in total. The maximum atomic E-state index is 13.3. The first-order valence-electron chi connectivity index (χ1n) is 5.48. The van der Waals surface area contributed by atoms with Crippen molar-refractivity contribution in [3.63, 3.8) is 0 Å². The number of hydrogen-bond donors (Lipinski definition) is 1. The molecule has 0 fully saturated rings. The highest BCUT2D eigenvalue weighted by atomic mass is 32.2. The summed E-state index contributed by atoms with van der Waals surface area (Å²) >= 11 is 0. The second-order valence-corrected chi connectivity index (χ2v) is 5.64. The fraction of sp³-hybridized carbons (Fsp3) is 0.0769. The lowest BCUT2D eigenvalue weighted by Crippen LogP contribution is -2.23. The first-order valence-corrected chi connectivity index (χ1v) is 6.96. The molecule has 0 spiro atoms. The van der Waals surface area contributed by atoms with Gasteiger partial charge >= 0.3 is 0 Å². The van der Waals surface area contributed by atoms with Crippen molar-refractivity contribution >= 4 is 10.0 Å². The molecular weight excluding hydrogens is 272 g/mol. The third-order valence-electron chi connectivity index (χ3n) is 2.51. The van der Waals surface area contributed by atoms with Crippen molar-refractivity contribution in [2.24, 2.45) is 0 Å². The van der Waals surface area contributed by atoms with Gasteiger partial charge in [0.05, 0.1) is 4.90 Å². The number of benzene rings is 2. The fourth-order valence-corrected chi connectivity index (χ4v) is 2.56. The van der Waals surface area contributed by atoms with Crippen LogP contribution in [0.25, 0.3) is 0 Å². The minimum absolute atomic E-state index is 0.0421. The van der Waals surface area contributed by atoms with Crippen LogP contribution < -0.4 is 4.72 Å². The summed E-state index contributed by atoms with van der Waals surface area (Å²) in [4.78, 5) is 0.0758. The Bertz CT molecular complexity index is 672. The van der Waals surface area contributed by atoms with Gasteiger partial charge in [0, 0.05) is 12.1 Å². The molecule has 0 aliphatic rings. The molecule has 0 bridgehead atoms. The Morgan fingerprint density at radius 1 is 1.00 bits per heavy atom. The normalized spacial score (nSPS) is 11.5. The van der Waals surface area contributed by atoms with E-state index in [0.29, 0.717) is 0 Å². The molecule has 3 nitrogen and oxygen atoms in total. The predicted octanol–water partition coefficient (Wildman–Crippen LogP) is 2.44. The van der Waals surface area contributed by atoms with Gasteiger partial charge < -0.3 is 0 Å². The lowest BCUT2D eigenvalue weighted by Gasteiger charge is -2.07. The maximum Gasteiger partial charge on any atom is 0.240 e. The van der Waals surface area contributed by atoms with Gasteiger partial charge in [-0.2, -0.15) is 0 Å². The van der Waals surface area contributed by atoms with Crippen molar-refractivity contribution in [2.75, 3.05) is 0 Å². The predicted molar refractivity (Wildman–Crippen MR) is 66.8 cm³/mol. The lowest BCUT2D eigenvalue weighted by atomic mass is 10.2. The quantitative estimate of drug-likeness (QED) is 0.936. The van der Waals surface area contributed by atoms with Gasteiger partial charge in [0.25, 0.3) is 0 Å². The Balaban J connectivity index is 2.17. The number of halogens is 2. The highest BCUT2D eigenvalue weighted by Crippen LogP contribution is 2.12. The molecule has 0 saturated carbocycles. The summed E-state index contributed by atoms with van der Waals surface area (Å²) in [6, 6.07) is 10.6. The van der Waals surface area contributed by atoms with Crippen molar-refractivity contribution in [3.05, 3.63) is 65.7 Å². The van der Waals surface area contributed by atoms with Crippen LogP contribution in [0.15, 0.2) is 53.4 Å². The molecule has 0 atom stereocenters. The van der Waals surface area contributed by atoms with Crippen molar-refractivity contribution in [1.82, 2.24) is 4.72 Å². The van der Waals surface area contributed by atoms with E-state index in [1.165, 1.54) is 12.1 Å². The molecule has 0 saturated heterocycles. The third-order valence-corrected chi connectivity index (χ3v) is 3.93. The SMILES string of the molecule is O=S(=O)(NCc1cc(F)ccc1F)c1ccccc1. The number of rotatable bonds is 4. The molecule has 0 heterocycles. The molecule has 2 rings (SSSR count). The molecule has 0 radical (unpaired) electrons. The molecule has 2 aromatic rings. The first-order chi connectivity index (χ1) is 8.99. The van der Waals surface area contributed by atoms with Crippen LogP contribution in [-0.2, 0) is 16.6 Å². The van der Waals surface area contributed by atoms with E-state index >= 15 is 0 Å². The Kier molecular flexibility index (Phi) is 3.92. The van der Waals surface area contributed by atoms with Crippen LogP contribution >= 0.6 is 0 Å². The monoisotopic (exact) mass is 283 g/mol. The van der Waals surface area contributed by atoms with Crippen LogP contribution in [0.4, 0.5) is 8.78 Å². The molecule has 0 aliphatic heterocycles. The third kappa shape index (κ3) is 3.36. The second-order valence-electron chi connectivity index (χ2n) is 3.87. The molecule has 2 aromatic carbocycles. The van der Waals surface area contributed by atoms with Crippen molar-refractivity contribution in [1.29, 1.82) is 0 Å². The zero-order valence-electron chi connectivity index (χ0n) is 9.81.